The van der Waals surface area contributed by atoms with Gasteiger partial charge in [0, 0.05) is 11.4 Å². The van der Waals surface area contributed by atoms with Crippen molar-refractivity contribution in [2.24, 2.45) is 0 Å². The summed E-state index contributed by atoms with van der Waals surface area (Å²) in [5, 5.41) is 4.92. The van der Waals surface area contributed by atoms with Gasteiger partial charge in [0.05, 0.1) is 16.8 Å². The molecule has 9 heteroatoms. The fraction of sp³-hybridized carbons (Fsp3) is 0.294. The predicted octanol–water partition coefficient (Wildman–Crippen LogP) is 4.09. The van der Waals surface area contributed by atoms with Crippen LogP contribution in [0.2, 0.25) is 0 Å². The second-order valence-electron chi connectivity index (χ2n) is 5.97. The Kier molecular flexibility index (Phi) is 4.10. The second kappa shape index (κ2) is 6.31. The van der Waals surface area contributed by atoms with Gasteiger partial charge < -0.3 is 0 Å². The molecule has 0 aliphatic heterocycles. The van der Waals surface area contributed by atoms with Crippen LogP contribution in [0.5, 0.6) is 0 Å². The van der Waals surface area contributed by atoms with Gasteiger partial charge in [0.2, 0.25) is 5.16 Å². The lowest BCUT2D eigenvalue weighted by atomic mass is 10.2. The first-order valence-electron chi connectivity index (χ1n) is 8.03. The van der Waals surface area contributed by atoms with Crippen LogP contribution in [0.4, 0.5) is 8.78 Å². The molecule has 6 nitrogen and oxygen atoms in total. The van der Waals surface area contributed by atoms with Crippen molar-refractivity contribution in [2.45, 2.75) is 38.2 Å². The molecule has 0 saturated carbocycles. The standard InChI is InChI=1S/C17H16F2N6S/c1-9-10(2)20-16-22-17(23-25(16)11(9)3)26-8-14-21-12-6-4-5-7-13(12)24(14)15(18)19/h4-7,15H,8H2,1-3H3. The van der Waals surface area contributed by atoms with Gasteiger partial charge in [-0.2, -0.15) is 13.8 Å². The van der Waals surface area contributed by atoms with E-state index in [4.69, 9.17) is 0 Å². The second-order valence-corrected chi connectivity index (χ2v) is 6.91. The number of imidazole rings is 1. The molecule has 0 unspecified atom stereocenters. The molecule has 1 aromatic carbocycles. The Morgan fingerprint density at radius 1 is 1.08 bits per heavy atom. The number of hydrogen-bond acceptors (Lipinski definition) is 5. The monoisotopic (exact) mass is 374 g/mol. The molecule has 0 saturated heterocycles. The van der Waals surface area contributed by atoms with Crippen molar-refractivity contribution < 1.29 is 8.78 Å². The summed E-state index contributed by atoms with van der Waals surface area (Å²) in [6, 6.07) is 6.88. The molecule has 0 N–H and O–H groups in total. The van der Waals surface area contributed by atoms with E-state index in [2.05, 4.69) is 20.1 Å². The van der Waals surface area contributed by atoms with Crippen molar-refractivity contribution in [1.29, 1.82) is 0 Å². The average molecular weight is 374 g/mol. The minimum atomic E-state index is -2.65. The van der Waals surface area contributed by atoms with Gasteiger partial charge in [0.15, 0.2) is 0 Å². The van der Waals surface area contributed by atoms with Crippen molar-refractivity contribution >= 4 is 28.6 Å². The number of nitrogens with zero attached hydrogens (tertiary/aromatic N) is 6. The third-order valence-corrected chi connectivity index (χ3v) is 5.27. The van der Waals surface area contributed by atoms with Crippen LogP contribution in [0.3, 0.4) is 0 Å². The van der Waals surface area contributed by atoms with E-state index in [1.807, 2.05) is 20.8 Å². The molecule has 134 valence electrons. The van der Waals surface area contributed by atoms with E-state index in [-0.39, 0.29) is 5.75 Å². The Morgan fingerprint density at radius 2 is 1.85 bits per heavy atom. The average Bonchev–Trinajstić information content (AvgIpc) is 3.18. The molecule has 0 aliphatic rings. The van der Waals surface area contributed by atoms with Crippen molar-refractivity contribution in [3.8, 4) is 0 Å². The highest BCUT2D eigenvalue weighted by molar-refractivity contribution is 7.98. The third kappa shape index (κ3) is 2.72. The highest BCUT2D eigenvalue weighted by Crippen LogP contribution is 2.27. The molecule has 3 aromatic heterocycles. The van der Waals surface area contributed by atoms with Gasteiger partial charge in [-0.25, -0.2) is 14.5 Å². The number of aromatic nitrogens is 6. The molecule has 0 radical (unpaired) electrons. The van der Waals surface area contributed by atoms with Crippen LogP contribution in [0.1, 0.15) is 29.3 Å². The maximum atomic E-state index is 13.5. The van der Waals surface area contributed by atoms with Gasteiger partial charge in [-0.05, 0) is 38.5 Å². The number of benzene rings is 1. The molecule has 0 atom stereocenters. The molecule has 0 aliphatic carbocycles. The van der Waals surface area contributed by atoms with Crippen LogP contribution in [0.25, 0.3) is 16.8 Å². The zero-order valence-electron chi connectivity index (χ0n) is 14.4. The van der Waals surface area contributed by atoms with E-state index in [1.54, 1.807) is 28.8 Å². The maximum Gasteiger partial charge on any atom is 0.320 e. The first kappa shape index (κ1) is 16.9. The summed E-state index contributed by atoms with van der Waals surface area (Å²) in [7, 11) is 0. The molecule has 0 bridgehead atoms. The Bertz CT molecular complexity index is 1120. The van der Waals surface area contributed by atoms with Crippen molar-refractivity contribution in [3.63, 3.8) is 0 Å². The Balaban J connectivity index is 1.67. The minimum absolute atomic E-state index is 0.243. The van der Waals surface area contributed by atoms with Crippen molar-refractivity contribution in [2.75, 3.05) is 0 Å². The maximum absolute atomic E-state index is 13.5. The lowest BCUT2D eigenvalue weighted by Gasteiger charge is -2.06. The van der Waals surface area contributed by atoms with Crippen LogP contribution in [-0.4, -0.2) is 29.1 Å². The van der Waals surface area contributed by atoms with Crippen LogP contribution >= 0.6 is 11.8 Å². The highest BCUT2D eigenvalue weighted by Gasteiger charge is 2.18. The summed E-state index contributed by atoms with van der Waals surface area (Å²) in [5.74, 6) is 1.05. The van der Waals surface area contributed by atoms with Crippen LogP contribution in [0, 0.1) is 20.8 Å². The minimum Gasteiger partial charge on any atom is -0.269 e. The van der Waals surface area contributed by atoms with E-state index >= 15 is 0 Å². The fourth-order valence-electron chi connectivity index (χ4n) is 2.84. The Hall–Kier alpha value is -2.55. The SMILES string of the molecule is Cc1nc2nc(SCc3nc4ccccc4n3C(F)F)nn2c(C)c1C. The van der Waals surface area contributed by atoms with Crippen molar-refractivity contribution in [3.05, 3.63) is 47.0 Å². The predicted molar refractivity (Wildman–Crippen MR) is 95.5 cm³/mol. The number of rotatable bonds is 4. The van der Waals surface area contributed by atoms with Gasteiger partial charge >= 0.3 is 6.55 Å². The molecular formula is C17H16F2N6S. The normalized spacial score (nSPS) is 11.9. The summed E-state index contributed by atoms with van der Waals surface area (Å²) in [4.78, 5) is 13.2. The first-order chi connectivity index (χ1) is 12.5. The quantitative estimate of drug-likeness (QED) is 0.504. The van der Waals surface area contributed by atoms with Gasteiger partial charge in [-0.3, -0.25) is 4.57 Å². The first-order valence-corrected chi connectivity index (χ1v) is 9.01. The molecular weight excluding hydrogens is 358 g/mol. The largest absolute Gasteiger partial charge is 0.320 e. The smallest absolute Gasteiger partial charge is 0.269 e. The number of alkyl halides is 2. The molecule has 4 aromatic rings. The molecule has 0 amide bonds. The summed E-state index contributed by atoms with van der Waals surface area (Å²) in [6.45, 7) is 3.21. The van der Waals surface area contributed by atoms with Gasteiger partial charge in [-0.15, -0.1) is 5.10 Å². The Morgan fingerprint density at radius 3 is 2.62 bits per heavy atom. The van der Waals surface area contributed by atoms with Crippen LogP contribution in [-0.2, 0) is 5.75 Å². The zero-order chi connectivity index (χ0) is 18.4. The van der Waals surface area contributed by atoms with E-state index < -0.39 is 6.55 Å². The lowest BCUT2D eigenvalue weighted by molar-refractivity contribution is 0.0722. The number of para-hydroxylation sites is 2. The zero-order valence-corrected chi connectivity index (χ0v) is 15.3. The van der Waals surface area contributed by atoms with Gasteiger partial charge in [0.25, 0.3) is 5.78 Å². The van der Waals surface area contributed by atoms with Gasteiger partial charge in [0.1, 0.15) is 5.82 Å². The van der Waals surface area contributed by atoms with Crippen LogP contribution < -0.4 is 0 Å². The number of hydrogen-bond donors (Lipinski definition) is 0. The van der Waals surface area contributed by atoms with E-state index in [0.717, 1.165) is 21.5 Å². The fourth-order valence-corrected chi connectivity index (χ4v) is 3.59. The summed E-state index contributed by atoms with van der Waals surface area (Å²) in [5.41, 5.74) is 3.89. The van der Waals surface area contributed by atoms with E-state index in [0.29, 0.717) is 27.8 Å². The number of fused-ring (bicyclic) bond motifs is 2. The van der Waals surface area contributed by atoms with Crippen molar-refractivity contribution in [1.82, 2.24) is 29.1 Å². The summed E-state index contributed by atoms with van der Waals surface area (Å²) < 4.78 is 29.6. The number of halogens is 2. The number of thioether (sulfide) groups is 1. The highest BCUT2D eigenvalue weighted by atomic mass is 32.2. The molecule has 26 heavy (non-hydrogen) atoms. The van der Waals surface area contributed by atoms with Crippen LogP contribution in [0.15, 0.2) is 29.4 Å². The summed E-state index contributed by atoms with van der Waals surface area (Å²) >= 11 is 1.27. The number of aryl methyl sites for hydroxylation is 2. The van der Waals surface area contributed by atoms with E-state index in [1.165, 1.54) is 11.8 Å². The molecule has 4 rings (SSSR count). The lowest BCUT2D eigenvalue weighted by Crippen LogP contribution is -2.03. The molecule has 0 spiro atoms. The third-order valence-electron chi connectivity index (χ3n) is 4.44. The molecule has 3 heterocycles. The Labute approximate surface area is 152 Å². The topological polar surface area (TPSA) is 60.9 Å². The summed E-state index contributed by atoms with van der Waals surface area (Å²) in [6.07, 6.45) is 0. The molecule has 0 fully saturated rings. The van der Waals surface area contributed by atoms with Gasteiger partial charge in [-0.1, -0.05) is 23.9 Å². The van der Waals surface area contributed by atoms with E-state index in [9.17, 15) is 8.78 Å².